The Labute approximate surface area is 150 Å². The largest absolute Gasteiger partial charge is 0.391 e. The fraction of sp³-hybridized carbons (Fsp3) is 0.389. The normalized spacial score (nSPS) is 16.5. The van der Waals surface area contributed by atoms with Crippen molar-refractivity contribution in [3.8, 4) is 10.4 Å². The number of amides is 2. The monoisotopic (exact) mass is 364 g/mol. The first-order valence-electron chi connectivity index (χ1n) is 8.11. The summed E-state index contributed by atoms with van der Waals surface area (Å²) < 4.78 is 0. The van der Waals surface area contributed by atoms with Crippen molar-refractivity contribution in [1.82, 2.24) is 10.6 Å². The molecule has 2 amide bonds. The van der Waals surface area contributed by atoms with Crippen LogP contribution in [0.15, 0.2) is 36.4 Å². The van der Waals surface area contributed by atoms with Crippen molar-refractivity contribution in [3.05, 3.63) is 46.3 Å². The van der Waals surface area contributed by atoms with Gasteiger partial charge in [-0.25, -0.2) is 4.79 Å². The first kappa shape index (κ1) is 17.3. The van der Waals surface area contributed by atoms with Crippen LogP contribution in [-0.2, 0) is 0 Å². The van der Waals surface area contributed by atoms with E-state index < -0.39 is 6.10 Å². The second-order valence-corrected chi connectivity index (χ2v) is 7.74. The third-order valence-electron chi connectivity index (χ3n) is 4.17. The molecule has 4 nitrogen and oxygen atoms in total. The molecule has 1 saturated carbocycles. The van der Waals surface area contributed by atoms with Crippen LogP contribution in [0.3, 0.4) is 0 Å². The summed E-state index contributed by atoms with van der Waals surface area (Å²) in [7, 11) is 0. The minimum atomic E-state index is -0.427. The number of carbonyl (C=O) groups is 1. The van der Waals surface area contributed by atoms with E-state index in [2.05, 4.69) is 16.7 Å². The van der Waals surface area contributed by atoms with Crippen molar-refractivity contribution in [1.29, 1.82) is 0 Å². The second-order valence-electron chi connectivity index (χ2n) is 6.19. The summed E-state index contributed by atoms with van der Waals surface area (Å²) in [5.74, 6) is 0.363. The number of thiophene rings is 1. The van der Waals surface area contributed by atoms with Gasteiger partial charge in [0.15, 0.2) is 0 Å². The number of hydrogen-bond acceptors (Lipinski definition) is 3. The molecule has 0 radical (unpaired) electrons. The molecule has 1 fully saturated rings. The number of aliphatic hydroxyl groups is 1. The number of halogens is 1. The van der Waals surface area contributed by atoms with Crippen LogP contribution in [0.4, 0.5) is 4.79 Å². The van der Waals surface area contributed by atoms with E-state index >= 15 is 0 Å². The van der Waals surface area contributed by atoms with Gasteiger partial charge < -0.3 is 15.7 Å². The Morgan fingerprint density at radius 1 is 1.29 bits per heavy atom. The van der Waals surface area contributed by atoms with Gasteiger partial charge in [-0.2, -0.15) is 0 Å². The second kappa shape index (κ2) is 7.55. The summed E-state index contributed by atoms with van der Waals surface area (Å²) in [5.41, 5.74) is 1.11. The third-order valence-corrected chi connectivity index (χ3v) is 5.74. The number of nitrogens with one attached hydrogen (secondary N) is 2. The van der Waals surface area contributed by atoms with Gasteiger partial charge in [-0.15, -0.1) is 11.3 Å². The van der Waals surface area contributed by atoms with E-state index in [4.69, 9.17) is 11.6 Å². The predicted molar refractivity (Wildman–Crippen MR) is 98.4 cm³/mol. The number of benzene rings is 1. The summed E-state index contributed by atoms with van der Waals surface area (Å²) in [6.07, 6.45) is 1.69. The summed E-state index contributed by atoms with van der Waals surface area (Å²) in [6.45, 7) is 2.26. The lowest BCUT2D eigenvalue weighted by Crippen LogP contribution is -2.41. The van der Waals surface area contributed by atoms with E-state index in [1.165, 1.54) is 0 Å². The molecular weight excluding hydrogens is 344 g/mol. The lowest BCUT2D eigenvalue weighted by atomic mass is 10.2. The van der Waals surface area contributed by atoms with Crippen molar-refractivity contribution in [2.45, 2.75) is 31.9 Å². The van der Waals surface area contributed by atoms with Crippen LogP contribution in [0.2, 0.25) is 5.02 Å². The number of hydrogen-bond donors (Lipinski definition) is 3. The first-order chi connectivity index (χ1) is 11.5. The Kier molecular flexibility index (Phi) is 5.43. The van der Waals surface area contributed by atoms with Gasteiger partial charge in [-0.05, 0) is 55.5 Å². The molecule has 24 heavy (non-hydrogen) atoms. The zero-order valence-electron chi connectivity index (χ0n) is 13.5. The van der Waals surface area contributed by atoms with Gasteiger partial charge in [-0.3, -0.25) is 0 Å². The zero-order valence-corrected chi connectivity index (χ0v) is 15.0. The molecule has 128 valence electrons. The number of aliphatic hydroxyl groups excluding tert-OH is 1. The molecule has 1 aliphatic carbocycles. The maximum absolute atomic E-state index is 11.9. The molecule has 0 bridgehead atoms. The molecule has 6 heteroatoms. The Morgan fingerprint density at radius 2 is 2.00 bits per heavy atom. The number of rotatable bonds is 6. The molecule has 3 N–H and O–H groups in total. The quantitative estimate of drug-likeness (QED) is 0.719. The fourth-order valence-corrected chi connectivity index (χ4v) is 3.66. The van der Waals surface area contributed by atoms with Crippen LogP contribution >= 0.6 is 22.9 Å². The topological polar surface area (TPSA) is 61.4 Å². The minimum Gasteiger partial charge on any atom is -0.391 e. The molecule has 1 aliphatic rings. The van der Waals surface area contributed by atoms with E-state index in [9.17, 15) is 9.90 Å². The smallest absolute Gasteiger partial charge is 0.315 e. The van der Waals surface area contributed by atoms with Crippen LogP contribution in [-0.4, -0.2) is 23.8 Å². The molecule has 1 heterocycles. The van der Waals surface area contributed by atoms with Gasteiger partial charge in [0.25, 0.3) is 0 Å². The van der Waals surface area contributed by atoms with E-state index in [1.807, 2.05) is 37.3 Å². The lowest BCUT2D eigenvalue weighted by Gasteiger charge is -2.15. The van der Waals surface area contributed by atoms with Crippen LogP contribution < -0.4 is 10.6 Å². The van der Waals surface area contributed by atoms with Crippen LogP contribution in [0.25, 0.3) is 10.4 Å². The van der Waals surface area contributed by atoms with Gasteiger partial charge in [0, 0.05) is 21.3 Å². The van der Waals surface area contributed by atoms with Crippen LogP contribution in [0.1, 0.15) is 30.7 Å². The van der Waals surface area contributed by atoms with Gasteiger partial charge in [-0.1, -0.05) is 23.7 Å². The average Bonchev–Trinajstić information content (AvgIpc) is 3.30. The highest BCUT2D eigenvalue weighted by Crippen LogP contribution is 2.33. The van der Waals surface area contributed by atoms with Crippen molar-refractivity contribution >= 4 is 29.0 Å². The van der Waals surface area contributed by atoms with Crippen LogP contribution in [0, 0.1) is 5.92 Å². The predicted octanol–water partition coefficient (Wildman–Crippen LogP) is 4.20. The number of carbonyl (C=O) groups excluding carboxylic acids is 1. The van der Waals surface area contributed by atoms with Crippen molar-refractivity contribution in [3.63, 3.8) is 0 Å². The van der Waals surface area contributed by atoms with E-state index in [-0.39, 0.29) is 12.1 Å². The highest BCUT2D eigenvalue weighted by atomic mass is 35.5. The van der Waals surface area contributed by atoms with Crippen molar-refractivity contribution in [2.24, 2.45) is 5.92 Å². The van der Waals surface area contributed by atoms with E-state index in [0.717, 1.165) is 33.2 Å². The Morgan fingerprint density at radius 3 is 2.67 bits per heavy atom. The van der Waals surface area contributed by atoms with Gasteiger partial charge >= 0.3 is 6.03 Å². The molecular formula is C18H21ClN2O2S. The van der Waals surface area contributed by atoms with Crippen molar-refractivity contribution < 1.29 is 9.90 Å². The SMILES string of the molecule is CC(NC(=O)NCC(O)C1CC1)c1ccc(-c2ccc(Cl)cc2)s1. The highest BCUT2D eigenvalue weighted by molar-refractivity contribution is 7.15. The standard InChI is InChI=1S/C18H21ClN2O2S/c1-11(21-18(23)20-10-15(22)12-2-3-12)16-8-9-17(24-16)13-4-6-14(19)7-5-13/h4-9,11-12,15,22H,2-3,10H2,1H3,(H2,20,21,23). The van der Waals surface area contributed by atoms with Gasteiger partial charge in [0.1, 0.15) is 0 Å². The third kappa shape index (κ3) is 4.50. The Balaban J connectivity index is 1.54. The minimum absolute atomic E-state index is 0.0888. The lowest BCUT2D eigenvalue weighted by molar-refractivity contribution is 0.149. The van der Waals surface area contributed by atoms with Crippen molar-refractivity contribution in [2.75, 3.05) is 6.54 Å². The maximum Gasteiger partial charge on any atom is 0.315 e. The molecule has 2 atom stereocenters. The summed E-state index contributed by atoms with van der Waals surface area (Å²) >= 11 is 7.56. The molecule has 3 rings (SSSR count). The summed E-state index contributed by atoms with van der Waals surface area (Å²) in [4.78, 5) is 14.2. The van der Waals surface area contributed by atoms with Gasteiger partial charge in [0.05, 0.1) is 12.1 Å². The van der Waals surface area contributed by atoms with Gasteiger partial charge in [0.2, 0.25) is 0 Å². The molecule has 1 aromatic heterocycles. The fourth-order valence-electron chi connectivity index (χ4n) is 2.52. The number of urea groups is 1. The maximum atomic E-state index is 11.9. The molecule has 2 aromatic rings. The molecule has 0 aliphatic heterocycles. The highest BCUT2D eigenvalue weighted by Gasteiger charge is 2.29. The molecule has 0 saturated heterocycles. The molecule has 2 unspecified atom stereocenters. The summed E-state index contributed by atoms with van der Waals surface area (Å²) in [5, 5.41) is 16.2. The molecule has 0 spiro atoms. The van der Waals surface area contributed by atoms with Crippen LogP contribution in [0.5, 0.6) is 0 Å². The summed E-state index contributed by atoms with van der Waals surface area (Å²) in [6, 6.07) is 11.5. The average molecular weight is 365 g/mol. The molecule has 1 aromatic carbocycles. The zero-order chi connectivity index (χ0) is 17.1. The Bertz CT molecular complexity index is 697. The first-order valence-corrected chi connectivity index (χ1v) is 9.30. The van der Waals surface area contributed by atoms with E-state index in [1.54, 1.807) is 11.3 Å². The van der Waals surface area contributed by atoms with E-state index in [0.29, 0.717) is 12.5 Å². The Hall–Kier alpha value is -1.56.